The summed E-state index contributed by atoms with van der Waals surface area (Å²) in [5.41, 5.74) is 1.28. The van der Waals surface area contributed by atoms with Gasteiger partial charge in [-0.15, -0.1) is 11.8 Å². The Balaban J connectivity index is 1.85. The molecule has 0 radical (unpaired) electrons. The highest BCUT2D eigenvalue weighted by Crippen LogP contribution is 2.35. The molecular formula is C19H31NS. The fourth-order valence-corrected chi connectivity index (χ4v) is 4.29. The van der Waals surface area contributed by atoms with Gasteiger partial charge < -0.3 is 5.32 Å². The molecule has 2 rings (SSSR count). The van der Waals surface area contributed by atoms with Crippen molar-refractivity contribution in [1.29, 1.82) is 0 Å². The molecule has 0 saturated heterocycles. The van der Waals surface area contributed by atoms with E-state index >= 15 is 0 Å². The fourth-order valence-electron chi connectivity index (χ4n) is 3.04. The van der Waals surface area contributed by atoms with E-state index in [1.54, 1.807) is 0 Å². The van der Waals surface area contributed by atoms with Crippen molar-refractivity contribution in [2.45, 2.75) is 81.9 Å². The first-order chi connectivity index (χ1) is 10.2. The van der Waals surface area contributed by atoms with Gasteiger partial charge in [-0.3, -0.25) is 0 Å². The molecule has 1 fully saturated rings. The van der Waals surface area contributed by atoms with Crippen LogP contribution in [0.15, 0.2) is 29.2 Å². The van der Waals surface area contributed by atoms with Crippen LogP contribution in [0.25, 0.3) is 0 Å². The Morgan fingerprint density at radius 2 is 1.76 bits per heavy atom. The molecule has 1 nitrogen and oxygen atoms in total. The lowest BCUT2D eigenvalue weighted by atomic mass is 9.97. The summed E-state index contributed by atoms with van der Waals surface area (Å²) in [4.78, 5) is 1.43. The molecule has 1 aromatic carbocycles. The number of thioether (sulfide) groups is 1. The molecule has 0 aliphatic heterocycles. The van der Waals surface area contributed by atoms with Crippen molar-refractivity contribution in [3.05, 3.63) is 24.3 Å². The van der Waals surface area contributed by atoms with Crippen molar-refractivity contribution in [1.82, 2.24) is 0 Å². The Labute approximate surface area is 135 Å². The molecule has 2 atom stereocenters. The van der Waals surface area contributed by atoms with E-state index in [2.05, 4.69) is 62.1 Å². The van der Waals surface area contributed by atoms with Crippen molar-refractivity contribution in [3.63, 3.8) is 0 Å². The molecule has 0 heterocycles. The number of rotatable bonds is 8. The monoisotopic (exact) mass is 305 g/mol. The molecule has 1 N–H and O–H groups in total. The Hall–Kier alpha value is -0.630. The number of nitrogens with one attached hydrogen (secondary N) is 1. The van der Waals surface area contributed by atoms with E-state index in [0.717, 1.165) is 11.2 Å². The third-order valence-corrected chi connectivity index (χ3v) is 6.06. The average molecular weight is 306 g/mol. The van der Waals surface area contributed by atoms with E-state index in [1.807, 2.05) is 0 Å². The second kappa shape index (κ2) is 8.73. The lowest BCUT2D eigenvalue weighted by Gasteiger charge is -2.21. The molecule has 0 spiro atoms. The van der Waals surface area contributed by atoms with Crippen LogP contribution >= 0.6 is 11.8 Å². The zero-order valence-electron chi connectivity index (χ0n) is 13.9. The van der Waals surface area contributed by atoms with E-state index in [-0.39, 0.29) is 0 Å². The maximum absolute atomic E-state index is 3.71. The van der Waals surface area contributed by atoms with E-state index in [9.17, 15) is 0 Å². The summed E-state index contributed by atoms with van der Waals surface area (Å²) in [7, 11) is 0. The van der Waals surface area contributed by atoms with Crippen LogP contribution in [0.5, 0.6) is 0 Å². The van der Waals surface area contributed by atoms with Gasteiger partial charge in [-0.1, -0.05) is 40.0 Å². The molecule has 21 heavy (non-hydrogen) atoms. The molecule has 1 aliphatic carbocycles. The smallest absolute Gasteiger partial charge is 0.0343 e. The first-order valence-electron chi connectivity index (χ1n) is 8.74. The minimum absolute atomic E-state index is 0.605. The van der Waals surface area contributed by atoms with Crippen LogP contribution in [0.1, 0.15) is 65.7 Å². The van der Waals surface area contributed by atoms with Crippen LogP contribution in [0.4, 0.5) is 5.69 Å². The topological polar surface area (TPSA) is 12.0 Å². The number of hydrogen-bond donors (Lipinski definition) is 1. The minimum Gasteiger partial charge on any atom is -0.382 e. The molecule has 2 unspecified atom stereocenters. The summed E-state index contributed by atoms with van der Waals surface area (Å²) >= 11 is 2.07. The van der Waals surface area contributed by atoms with Crippen LogP contribution < -0.4 is 5.32 Å². The summed E-state index contributed by atoms with van der Waals surface area (Å²) in [5, 5.41) is 4.56. The van der Waals surface area contributed by atoms with Crippen molar-refractivity contribution >= 4 is 17.4 Å². The standard InChI is InChI=1S/C19H31NS/c1-4-15(3)14-16(5-2)20-17-10-12-19(13-11-17)21-18-8-6-7-9-18/h10-13,15-16,18,20H,4-9,14H2,1-3H3. The predicted octanol–water partition coefficient (Wildman–Crippen LogP) is 6.35. The van der Waals surface area contributed by atoms with Crippen LogP contribution in [0, 0.1) is 5.92 Å². The number of benzene rings is 1. The lowest BCUT2D eigenvalue weighted by molar-refractivity contribution is 0.462. The van der Waals surface area contributed by atoms with Gasteiger partial charge in [0, 0.05) is 21.9 Å². The number of anilines is 1. The summed E-state index contributed by atoms with van der Waals surface area (Å²) in [6.45, 7) is 6.92. The SMILES string of the molecule is CCC(C)CC(CC)Nc1ccc(SC2CCCC2)cc1. The Kier molecular flexibility index (Phi) is 6.95. The second-order valence-corrected chi connectivity index (χ2v) is 7.92. The number of hydrogen-bond acceptors (Lipinski definition) is 2. The molecule has 1 saturated carbocycles. The van der Waals surface area contributed by atoms with Gasteiger partial charge in [0.25, 0.3) is 0 Å². The third-order valence-electron chi connectivity index (χ3n) is 4.71. The minimum atomic E-state index is 0.605. The average Bonchev–Trinajstić information content (AvgIpc) is 3.01. The van der Waals surface area contributed by atoms with Crippen molar-refractivity contribution in [2.75, 3.05) is 5.32 Å². The van der Waals surface area contributed by atoms with Gasteiger partial charge in [-0.25, -0.2) is 0 Å². The van der Waals surface area contributed by atoms with Gasteiger partial charge in [0.1, 0.15) is 0 Å². The van der Waals surface area contributed by atoms with Gasteiger partial charge in [0.2, 0.25) is 0 Å². The molecule has 1 aromatic rings. The molecule has 0 aromatic heterocycles. The van der Waals surface area contributed by atoms with Gasteiger partial charge in [0.05, 0.1) is 0 Å². The highest BCUT2D eigenvalue weighted by Gasteiger charge is 2.16. The maximum atomic E-state index is 3.71. The molecule has 0 amide bonds. The van der Waals surface area contributed by atoms with E-state index in [4.69, 9.17) is 0 Å². The van der Waals surface area contributed by atoms with E-state index in [1.165, 1.54) is 55.5 Å². The second-order valence-electron chi connectivity index (χ2n) is 6.55. The normalized spacial score (nSPS) is 18.6. The molecule has 1 aliphatic rings. The summed E-state index contributed by atoms with van der Waals surface area (Å²) in [6, 6.07) is 9.71. The molecular weight excluding hydrogens is 274 g/mol. The zero-order valence-corrected chi connectivity index (χ0v) is 14.7. The first kappa shape index (κ1) is 16.7. The fraction of sp³-hybridized carbons (Fsp3) is 0.684. The van der Waals surface area contributed by atoms with Crippen molar-refractivity contribution < 1.29 is 0 Å². The lowest BCUT2D eigenvalue weighted by Crippen LogP contribution is -2.21. The Morgan fingerprint density at radius 1 is 1.10 bits per heavy atom. The van der Waals surface area contributed by atoms with Gasteiger partial charge in [-0.2, -0.15) is 0 Å². The molecule has 118 valence electrons. The zero-order chi connectivity index (χ0) is 15.1. The van der Waals surface area contributed by atoms with Crippen LogP contribution in [-0.4, -0.2) is 11.3 Å². The molecule has 2 heteroatoms. The quantitative estimate of drug-likeness (QED) is 0.600. The van der Waals surface area contributed by atoms with E-state index < -0.39 is 0 Å². The highest BCUT2D eigenvalue weighted by atomic mass is 32.2. The molecule has 0 bridgehead atoms. The third kappa shape index (κ3) is 5.58. The van der Waals surface area contributed by atoms with Gasteiger partial charge >= 0.3 is 0 Å². The predicted molar refractivity (Wildman–Crippen MR) is 96.3 cm³/mol. The largest absolute Gasteiger partial charge is 0.382 e. The van der Waals surface area contributed by atoms with Crippen LogP contribution in [0.3, 0.4) is 0 Å². The van der Waals surface area contributed by atoms with Crippen molar-refractivity contribution in [2.24, 2.45) is 5.92 Å². The van der Waals surface area contributed by atoms with Crippen LogP contribution in [-0.2, 0) is 0 Å². The van der Waals surface area contributed by atoms with Gasteiger partial charge in [0.15, 0.2) is 0 Å². The van der Waals surface area contributed by atoms with Gasteiger partial charge in [-0.05, 0) is 55.9 Å². The Morgan fingerprint density at radius 3 is 2.33 bits per heavy atom. The summed E-state index contributed by atoms with van der Waals surface area (Å²) < 4.78 is 0. The summed E-state index contributed by atoms with van der Waals surface area (Å²) in [6.07, 6.45) is 9.38. The Bertz CT molecular complexity index is 395. The van der Waals surface area contributed by atoms with Crippen molar-refractivity contribution in [3.8, 4) is 0 Å². The highest BCUT2D eigenvalue weighted by molar-refractivity contribution is 8.00. The van der Waals surface area contributed by atoms with Crippen LogP contribution in [0.2, 0.25) is 0 Å². The summed E-state index contributed by atoms with van der Waals surface area (Å²) in [5.74, 6) is 0.805. The maximum Gasteiger partial charge on any atom is 0.0343 e. The first-order valence-corrected chi connectivity index (χ1v) is 9.62. The van der Waals surface area contributed by atoms with E-state index in [0.29, 0.717) is 6.04 Å².